The second kappa shape index (κ2) is 8.74. The molecule has 0 fully saturated rings. The molecule has 0 aliphatic heterocycles. The average Bonchev–Trinajstić information content (AvgIpc) is 3.42. The van der Waals surface area contributed by atoms with Gasteiger partial charge in [-0.2, -0.15) is 4.98 Å². The molecule has 0 aliphatic rings. The highest BCUT2D eigenvalue weighted by Gasteiger charge is 2.10. The van der Waals surface area contributed by atoms with Gasteiger partial charge in [-0.15, -0.1) is 0 Å². The molecule has 1 N–H and O–H groups in total. The van der Waals surface area contributed by atoms with Gasteiger partial charge in [0.25, 0.3) is 0 Å². The topological polar surface area (TPSA) is 90.9 Å². The third kappa shape index (κ3) is 4.15. The zero-order valence-electron chi connectivity index (χ0n) is 18.7. The van der Waals surface area contributed by atoms with Gasteiger partial charge in [-0.3, -0.25) is 0 Å². The highest BCUT2D eigenvalue weighted by atomic mass is 16.5. The molecule has 0 unspecified atom stereocenters. The lowest BCUT2D eigenvalue weighted by atomic mass is 10.1. The van der Waals surface area contributed by atoms with Gasteiger partial charge in [-0.25, -0.2) is 9.97 Å². The minimum atomic E-state index is 0.544. The normalized spacial score (nSPS) is 11.1. The molecule has 0 aliphatic carbocycles. The summed E-state index contributed by atoms with van der Waals surface area (Å²) >= 11 is 0. The lowest BCUT2D eigenvalue weighted by Gasteiger charge is -2.11. The molecule has 0 atom stereocenters. The van der Waals surface area contributed by atoms with Crippen molar-refractivity contribution in [3.05, 3.63) is 72.5 Å². The van der Waals surface area contributed by atoms with E-state index in [1.54, 1.807) is 20.4 Å². The molecular weight excluding hydrogens is 416 g/mol. The lowest BCUT2D eigenvalue weighted by Crippen LogP contribution is -2.12. The molecule has 8 nitrogen and oxygen atoms in total. The van der Waals surface area contributed by atoms with Crippen molar-refractivity contribution >= 4 is 16.7 Å². The van der Waals surface area contributed by atoms with Crippen LogP contribution in [0, 0.1) is 13.8 Å². The molecule has 0 amide bonds. The fourth-order valence-corrected chi connectivity index (χ4v) is 3.98. The van der Waals surface area contributed by atoms with Crippen LogP contribution in [0.15, 0.2) is 65.4 Å². The molecule has 2 aromatic carbocycles. The van der Waals surface area contributed by atoms with E-state index in [-0.39, 0.29) is 0 Å². The molecule has 0 spiro atoms. The van der Waals surface area contributed by atoms with Gasteiger partial charge in [0.2, 0.25) is 11.7 Å². The van der Waals surface area contributed by atoms with Crippen molar-refractivity contribution in [3.8, 4) is 28.4 Å². The van der Waals surface area contributed by atoms with Crippen molar-refractivity contribution < 1.29 is 9.26 Å². The molecule has 0 saturated carbocycles. The average molecular weight is 441 g/mol. The van der Waals surface area contributed by atoms with Crippen LogP contribution in [0.2, 0.25) is 0 Å². The fraction of sp³-hybridized carbons (Fsp3) is 0.200. The number of rotatable bonds is 7. The van der Waals surface area contributed by atoms with Crippen molar-refractivity contribution in [2.24, 2.45) is 0 Å². The van der Waals surface area contributed by atoms with Crippen LogP contribution in [0.25, 0.3) is 33.5 Å². The Labute approximate surface area is 191 Å². The van der Waals surface area contributed by atoms with Gasteiger partial charge < -0.3 is 19.1 Å². The van der Waals surface area contributed by atoms with Gasteiger partial charge in [0, 0.05) is 48.3 Å². The predicted octanol–water partition coefficient (Wildman–Crippen LogP) is 4.89. The number of benzene rings is 2. The van der Waals surface area contributed by atoms with Crippen molar-refractivity contribution in [1.82, 2.24) is 24.7 Å². The van der Waals surface area contributed by atoms with E-state index in [9.17, 15) is 0 Å². The number of hydrogen-bond acceptors (Lipinski definition) is 7. The minimum Gasteiger partial charge on any atom is -0.496 e. The first-order valence-corrected chi connectivity index (χ1v) is 10.7. The van der Waals surface area contributed by atoms with Gasteiger partial charge in [-0.05, 0) is 25.1 Å². The number of ether oxygens (including phenoxy) is 1. The van der Waals surface area contributed by atoms with Crippen molar-refractivity contribution in [3.63, 3.8) is 0 Å². The Morgan fingerprint density at radius 1 is 1.00 bits per heavy atom. The van der Waals surface area contributed by atoms with Crippen LogP contribution in [0.3, 0.4) is 0 Å². The molecular formula is C25H24N6O2. The number of aryl methyl sites for hydroxylation is 2. The van der Waals surface area contributed by atoms with Gasteiger partial charge >= 0.3 is 0 Å². The quantitative estimate of drug-likeness (QED) is 0.385. The van der Waals surface area contributed by atoms with E-state index in [1.165, 1.54) is 5.69 Å². The Morgan fingerprint density at radius 3 is 2.58 bits per heavy atom. The van der Waals surface area contributed by atoms with Gasteiger partial charge in [0.15, 0.2) is 0 Å². The maximum atomic E-state index is 5.50. The van der Waals surface area contributed by atoms with Crippen molar-refractivity contribution in [1.29, 1.82) is 0 Å². The highest BCUT2D eigenvalue weighted by Crippen LogP contribution is 2.28. The largest absolute Gasteiger partial charge is 0.496 e. The number of methoxy groups -OCH3 is 1. The SMILES string of the molecule is COc1cccc2c1cc(C)n2CCNc1cc(-c2ccc(-c3noc(C)n3)cc2)ncn1. The maximum absolute atomic E-state index is 5.50. The molecule has 5 rings (SSSR count). The standard InChI is InChI=1S/C25H24N6O2/c1-16-13-20-22(5-4-6-23(20)32-3)31(16)12-11-26-24-14-21(27-15-28-24)18-7-9-19(10-8-18)25-29-17(2)33-30-25/h4-10,13-15H,11-12H2,1-3H3,(H,26,27,28). The van der Waals surface area contributed by atoms with E-state index in [4.69, 9.17) is 9.26 Å². The molecule has 166 valence electrons. The van der Waals surface area contributed by atoms with E-state index >= 15 is 0 Å². The van der Waals surface area contributed by atoms with Crippen LogP contribution in [0.5, 0.6) is 5.75 Å². The second-order valence-electron chi connectivity index (χ2n) is 7.76. The lowest BCUT2D eigenvalue weighted by molar-refractivity contribution is 0.394. The summed E-state index contributed by atoms with van der Waals surface area (Å²) in [5.41, 5.74) is 5.08. The third-order valence-corrected chi connectivity index (χ3v) is 5.61. The number of nitrogens with one attached hydrogen (secondary N) is 1. The smallest absolute Gasteiger partial charge is 0.223 e. The Kier molecular flexibility index (Phi) is 5.48. The first-order chi connectivity index (χ1) is 16.1. The monoisotopic (exact) mass is 440 g/mol. The molecule has 0 bridgehead atoms. The van der Waals surface area contributed by atoms with E-state index in [0.717, 1.165) is 52.4 Å². The second-order valence-corrected chi connectivity index (χ2v) is 7.76. The van der Waals surface area contributed by atoms with Crippen molar-refractivity contribution in [2.75, 3.05) is 19.0 Å². The van der Waals surface area contributed by atoms with Crippen LogP contribution in [-0.4, -0.2) is 38.3 Å². The maximum Gasteiger partial charge on any atom is 0.223 e. The summed E-state index contributed by atoms with van der Waals surface area (Å²) in [7, 11) is 1.70. The van der Waals surface area contributed by atoms with E-state index in [0.29, 0.717) is 11.7 Å². The zero-order chi connectivity index (χ0) is 22.8. The summed E-state index contributed by atoms with van der Waals surface area (Å²) < 4.78 is 12.8. The summed E-state index contributed by atoms with van der Waals surface area (Å²) in [6.07, 6.45) is 1.58. The highest BCUT2D eigenvalue weighted by molar-refractivity contribution is 5.87. The van der Waals surface area contributed by atoms with Gasteiger partial charge in [0.1, 0.15) is 17.9 Å². The molecule has 8 heteroatoms. The Hall–Kier alpha value is -4.20. The van der Waals surface area contributed by atoms with E-state index in [1.807, 2.05) is 42.5 Å². The van der Waals surface area contributed by atoms with Crippen LogP contribution in [0.1, 0.15) is 11.6 Å². The number of anilines is 1. The molecule has 5 aromatic rings. The Balaban J connectivity index is 1.29. The fourth-order valence-electron chi connectivity index (χ4n) is 3.98. The van der Waals surface area contributed by atoms with Crippen LogP contribution in [-0.2, 0) is 6.54 Å². The summed E-state index contributed by atoms with van der Waals surface area (Å²) in [5.74, 6) is 2.80. The van der Waals surface area contributed by atoms with E-state index in [2.05, 4.69) is 49.0 Å². The summed E-state index contributed by atoms with van der Waals surface area (Å²) in [6, 6.07) is 18.2. The molecule has 0 saturated heterocycles. The van der Waals surface area contributed by atoms with Gasteiger partial charge in [-0.1, -0.05) is 35.5 Å². The third-order valence-electron chi connectivity index (χ3n) is 5.61. The Bertz CT molecular complexity index is 1400. The molecule has 3 heterocycles. The first kappa shape index (κ1) is 20.7. The van der Waals surface area contributed by atoms with E-state index < -0.39 is 0 Å². The van der Waals surface area contributed by atoms with Crippen LogP contribution in [0.4, 0.5) is 5.82 Å². The molecule has 3 aromatic heterocycles. The predicted molar refractivity (Wildman–Crippen MR) is 127 cm³/mol. The zero-order valence-corrected chi connectivity index (χ0v) is 18.7. The van der Waals surface area contributed by atoms with Gasteiger partial charge in [0.05, 0.1) is 18.3 Å². The van der Waals surface area contributed by atoms with Crippen molar-refractivity contribution in [2.45, 2.75) is 20.4 Å². The van der Waals surface area contributed by atoms with Crippen LogP contribution < -0.4 is 10.1 Å². The summed E-state index contributed by atoms with van der Waals surface area (Å²) in [6.45, 7) is 5.42. The first-order valence-electron chi connectivity index (χ1n) is 10.7. The molecule has 0 radical (unpaired) electrons. The summed E-state index contributed by atoms with van der Waals surface area (Å²) in [5, 5.41) is 8.51. The Morgan fingerprint density at radius 2 is 1.82 bits per heavy atom. The number of nitrogens with zero attached hydrogens (tertiary/aromatic N) is 5. The number of hydrogen-bond donors (Lipinski definition) is 1. The summed E-state index contributed by atoms with van der Waals surface area (Å²) in [4.78, 5) is 13.1. The minimum absolute atomic E-state index is 0.544. The molecule has 33 heavy (non-hydrogen) atoms. The number of fused-ring (bicyclic) bond motifs is 1. The number of aromatic nitrogens is 5. The van der Waals surface area contributed by atoms with Crippen LogP contribution >= 0.6 is 0 Å².